The summed E-state index contributed by atoms with van der Waals surface area (Å²) in [7, 11) is 0. The molecule has 144 valence electrons. The number of hydrogen-bond acceptors (Lipinski definition) is 8. The third-order valence-corrected chi connectivity index (χ3v) is 3.97. The summed E-state index contributed by atoms with van der Waals surface area (Å²) in [5.74, 6) is -1.99. The average molecular weight is 371 g/mol. The molecule has 6 N–H and O–H groups in total. The Bertz CT molecular complexity index is 611. The number of carbonyl (C=O) groups excluding carboxylic acids is 1. The van der Waals surface area contributed by atoms with Gasteiger partial charge >= 0.3 is 12.1 Å². The number of ether oxygens (including phenoxy) is 3. The topological polar surface area (TPSA) is 169 Å². The van der Waals surface area contributed by atoms with Gasteiger partial charge in [0.15, 0.2) is 12.4 Å². The Labute approximate surface area is 148 Å². The van der Waals surface area contributed by atoms with Gasteiger partial charge in [0.25, 0.3) is 0 Å². The van der Waals surface area contributed by atoms with Crippen LogP contribution in [-0.2, 0) is 19.0 Å². The molecular weight excluding hydrogens is 350 g/mol. The van der Waals surface area contributed by atoms with Crippen molar-refractivity contribution in [3.63, 3.8) is 0 Å². The quantitative estimate of drug-likeness (QED) is 0.394. The highest BCUT2D eigenvalue weighted by atomic mass is 16.7. The van der Waals surface area contributed by atoms with Crippen LogP contribution in [0, 0.1) is 0 Å². The minimum atomic E-state index is -1.80. The number of amides is 1. The fourth-order valence-electron chi connectivity index (χ4n) is 2.55. The molecule has 6 atom stereocenters. The van der Waals surface area contributed by atoms with E-state index in [0.717, 1.165) is 5.56 Å². The molecule has 26 heavy (non-hydrogen) atoms. The smallest absolute Gasteiger partial charge is 0.404 e. The van der Waals surface area contributed by atoms with E-state index in [9.17, 15) is 24.9 Å². The van der Waals surface area contributed by atoms with Gasteiger partial charge in [0, 0.05) is 5.92 Å². The molecule has 10 heteroatoms. The number of aliphatic hydroxyl groups is 3. The Hall–Kier alpha value is -2.24. The average Bonchev–Trinajstić information content (AvgIpc) is 2.61. The maximum atomic E-state index is 11.1. The van der Waals surface area contributed by atoms with Crippen LogP contribution in [0.1, 0.15) is 11.5 Å². The van der Waals surface area contributed by atoms with Gasteiger partial charge in [-0.2, -0.15) is 0 Å². The normalized spacial score (nSPS) is 29.7. The number of carbonyl (C=O) groups is 2. The second-order valence-electron chi connectivity index (χ2n) is 5.81. The van der Waals surface area contributed by atoms with Crippen molar-refractivity contribution in [3.05, 3.63) is 35.9 Å². The zero-order valence-electron chi connectivity index (χ0n) is 13.7. The van der Waals surface area contributed by atoms with E-state index < -0.39 is 48.7 Å². The highest BCUT2D eigenvalue weighted by Crippen LogP contribution is 2.24. The number of nitrogens with two attached hydrogens (primary N) is 1. The summed E-state index contributed by atoms with van der Waals surface area (Å²) in [6, 6.07) is 8.84. The Kier molecular flexibility index (Phi) is 6.89. The number of hydrogen-bond donors (Lipinski definition) is 5. The lowest BCUT2D eigenvalue weighted by atomic mass is 9.98. The molecule has 1 aromatic rings. The van der Waals surface area contributed by atoms with E-state index in [4.69, 9.17) is 25.1 Å². The third-order valence-electron chi connectivity index (χ3n) is 3.97. The van der Waals surface area contributed by atoms with Gasteiger partial charge < -0.3 is 40.4 Å². The minimum Gasteiger partial charge on any atom is -0.479 e. The maximum absolute atomic E-state index is 11.1. The molecule has 1 unspecified atom stereocenters. The number of benzene rings is 1. The SMILES string of the molecule is NC(=O)OCC(CO[C@@H]1O[C@H](C(=O)O)[C@@H](O)[C@H](O)[C@H]1O)c1ccccc1. The maximum Gasteiger partial charge on any atom is 0.404 e. The molecule has 10 nitrogen and oxygen atoms in total. The van der Waals surface area contributed by atoms with Gasteiger partial charge in [-0.05, 0) is 5.56 Å². The van der Waals surface area contributed by atoms with Crippen molar-refractivity contribution in [2.45, 2.75) is 36.6 Å². The first kappa shape index (κ1) is 20.1. The molecule has 0 saturated carbocycles. The Morgan fingerprint density at radius 2 is 1.73 bits per heavy atom. The van der Waals surface area contributed by atoms with Gasteiger partial charge in [-0.1, -0.05) is 30.3 Å². The van der Waals surface area contributed by atoms with E-state index in [-0.39, 0.29) is 13.2 Å². The monoisotopic (exact) mass is 371 g/mol. The summed E-state index contributed by atoms with van der Waals surface area (Å²) in [5.41, 5.74) is 5.72. The molecule has 1 heterocycles. The number of primary amides is 1. The lowest BCUT2D eigenvalue weighted by Crippen LogP contribution is -2.60. The van der Waals surface area contributed by atoms with Crippen LogP contribution < -0.4 is 5.73 Å². The van der Waals surface area contributed by atoms with Crippen LogP contribution in [0.15, 0.2) is 30.3 Å². The molecule has 0 bridgehead atoms. The molecule has 1 amide bonds. The van der Waals surface area contributed by atoms with Crippen molar-refractivity contribution in [1.29, 1.82) is 0 Å². The van der Waals surface area contributed by atoms with Crippen LogP contribution >= 0.6 is 0 Å². The summed E-state index contributed by atoms with van der Waals surface area (Å²) < 4.78 is 15.2. The molecule has 1 fully saturated rings. The fraction of sp³-hybridized carbons (Fsp3) is 0.500. The lowest BCUT2D eigenvalue weighted by Gasteiger charge is -2.38. The van der Waals surface area contributed by atoms with E-state index in [1.54, 1.807) is 30.3 Å². The summed E-state index contributed by atoms with van der Waals surface area (Å²) in [4.78, 5) is 22.0. The molecule has 0 spiro atoms. The van der Waals surface area contributed by atoms with Crippen molar-refractivity contribution in [3.8, 4) is 0 Å². The predicted octanol–water partition coefficient (Wildman–Crippen LogP) is -1.23. The molecule has 1 aliphatic heterocycles. The summed E-state index contributed by atoms with van der Waals surface area (Å²) >= 11 is 0. The van der Waals surface area contributed by atoms with Gasteiger partial charge in [-0.25, -0.2) is 9.59 Å². The van der Waals surface area contributed by atoms with Crippen molar-refractivity contribution in [1.82, 2.24) is 0 Å². The summed E-state index contributed by atoms with van der Waals surface area (Å²) in [6.45, 7) is -0.246. The van der Waals surface area contributed by atoms with Crippen LogP contribution in [0.4, 0.5) is 4.79 Å². The number of aliphatic carboxylic acids is 1. The Balaban J connectivity index is 2.06. The third kappa shape index (κ3) is 4.90. The number of aliphatic hydroxyl groups excluding tert-OH is 3. The first-order valence-corrected chi connectivity index (χ1v) is 7.82. The van der Waals surface area contributed by atoms with Crippen molar-refractivity contribution in [2.75, 3.05) is 13.2 Å². The lowest BCUT2D eigenvalue weighted by molar-refractivity contribution is -0.295. The zero-order chi connectivity index (χ0) is 19.3. The number of rotatable bonds is 7. The largest absolute Gasteiger partial charge is 0.479 e. The molecule has 2 rings (SSSR count). The highest BCUT2D eigenvalue weighted by Gasteiger charge is 2.47. The van der Waals surface area contributed by atoms with Crippen LogP contribution in [-0.4, -0.2) is 76.4 Å². The van der Waals surface area contributed by atoms with Gasteiger partial charge in [0.2, 0.25) is 0 Å². The number of carboxylic acid groups (broad SMARTS) is 1. The second-order valence-corrected chi connectivity index (χ2v) is 5.81. The Morgan fingerprint density at radius 1 is 1.08 bits per heavy atom. The van der Waals surface area contributed by atoms with Gasteiger partial charge in [-0.15, -0.1) is 0 Å². The summed E-state index contributed by atoms with van der Waals surface area (Å²) in [6.07, 6.45) is -9.43. The molecular formula is C16H21NO9. The van der Waals surface area contributed by atoms with E-state index in [1.165, 1.54) is 0 Å². The van der Waals surface area contributed by atoms with E-state index in [2.05, 4.69) is 0 Å². The first-order valence-electron chi connectivity index (χ1n) is 7.82. The van der Waals surface area contributed by atoms with E-state index >= 15 is 0 Å². The molecule has 1 aromatic carbocycles. The molecule has 0 radical (unpaired) electrons. The predicted molar refractivity (Wildman–Crippen MR) is 85.0 cm³/mol. The van der Waals surface area contributed by atoms with Crippen LogP contribution in [0.3, 0.4) is 0 Å². The van der Waals surface area contributed by atoms with Crippen molar-refractivity contribution in [2.24, 2.45) is 5.73 Å². The van der Waals surface area contributed by atoms with E-state index in [1.807, 2.05) is 0 Å². The molecule has 1 aliphatic rings. The van der Waals surface area contributed by atoms with Crippen molar-refractivity contribution < 1.29 is 44.2 Å². The minimum absolute atomic E-state index is 0.115. The van der Waals surface area contributed by atoms with Crippen LogP contribution in [0.2, 0.25) is 0 Å². The van der Waals surface area contributed by atoms with Crippen molar-refractivity contribution >= 4 is 12.1 Å². The van der Waals surface area contributed by atoms with Gasteiger partial charge in [-0.3, -0.25) is 0 Å². The fourth-order valence-corrected chi connectivity index (χ4v) is 2.55. The molecule has 0 aliphatic carbocycles. The first-order chi connectivity index (χ1) is 12.3. The zero-order valence-corrected chi connectivity index (χ0v) is 13.7. The summed E-state index contributed by atoms with van der Waals surface area (Å²) in [5, 5.41) is 38.4. The Morgan fingerprint density at radius 3 is 2.31 bits per heavy atom. The second kappa shape index (κ2) is 8.92. The van der Waals surface area contributed by atoms with E-state index in [0.29, 0.717) is 0 Å². The van der Waals surface area contributed by atoms with Gasteiger partial charge in [0.05, 0.1) is 6.61 Å². The van der Waals surface area contributed by atoms with Crippen LogP contribution in [0.25, 0.3) is 0 Å². The van der Waals surface area contributed by atoms with Crippen LogP contribution in [0.5, 0.6) is 0 Å². The molecule has 0 aromatic heterocycles. The molecule has 1 saturated heterocycles. The number of carboxylic acids is 1. The van der Waals surface area contributed by atoms with Gasteiger partial charge in [0.1, 0.15) is 24.9 Å². The highest BCUT2D eigenvalue weighted by molar-refractivity contribution is 5.73. The standard InChI is InChI=1S/C16H21NO9/c17-16(23)25-7-9(8-4-2-1-3-5-8)6-24-15-12(20)10(18)11(19)13(26-15)14(21)22/h1-5,9-13,15,18-20H,6-7H2,(H2,17,23)(H,21,22)/t9?,10-,11-,12+,13-,15+/m0/s1.